The van der Waals surface area contributed by atoms with Gasteiger partial charge in [0.05, 0.1) is 17.1 Å². The van der Waals surface area contributed by atoms with E-state index in [1.54, 1.807) is 30.8 Å². The van der Waals surface area contributed by atoms with Gasteiger partial charge in [-0.3, -0.25) is 9.48 Å². The van der Waals surface area contributed by atoms with Crippen LogP contribution in [0.25, 0.3) is 0 Å². The van der Waals surface area contributed by atoms with Gasteiger partial charge in [-0.2, -0.15) is 5.10 Å². The molecule has 1 N–H and O–H groups in total. The van der Waals surface area contributed by atoms with E-state index in [1.807, 2.05) is 32.0 Å². The van der Waals surface area contributed by atoms with Gasteiger partial charge in [-0.15, -0.1) is 0 Å². The number of para-hydroxylation sites is 1. The first-order valence-corrected chi connectivity index (χ1v) is 8.56. The number of hydrogen-bond acceptors (Lipinski definition) is 5. The molecule has 1 amide bonds. The van der Waals surface area contributed by atoms with Crippen molar-refractivity contribution >= 4 is 17.6 Å². The molecule has 0 bridgehead atoms. The number of aromatic nitrogens is 2. The van der Waals surface area contributed by atoms with Crippen LogP contribution in [0.2, 0.25) is 0 Å². The van der Waals surface area contributed by atoms with Crippen molar-refractivity contribution in [2.45, 2.75) is 46.3 Å². The highest BCUT2D eigenvalue weighted by Crippen LogP contribution is 2.19. The molecule has 1 heterocycles. The summed E-state index contributed by atoms with van der Waals surface area (Å²) in [6.45, 7) is 7.01. The second kappa shape index (κ2) is 8.51. The van der Waals surface area contributed by atoms with Gasteiger partial charge in [0.2, 0.25) is 0 Å². The zero-order valence-electron chi connectivity index (χ0n) is 15.8. The van der Waals surface area contributed by atoms with E-state index in [4.69, 9.17) is 9.47 Å². The molecule has 0 aliphatic heterocycles. The van der Waals surface area contributed by atoms with E-state index in [0.29, 0.717) is 23.6 Å². The number of carbonyl (C=O) groups excluding carboxylic acids is 2. The highest BCUT2D eigenvalue weighted by atomic mass is 16.6. The van der Waals surface area contributed by atoms with Crippen molar-refractivity contribution in [2.75, 3.05) is 5.32 Å². The summed E-state index contributed by atoms with van der Waals surface area (Å²) in [6, 6.07) is 9.03. The molecule has 0 aliphatic carbocycles. The second-order valence-corrected chi connectivity index (χ2v) is 6.07. The maximum atomic E-state index is 12.4. The van der Waals surface area contributed by atoms with Crippen LogP contribution < -0.4 is 10.1 Å². The average Bonchev–Trinajstić information content (AvgIpc) is 2.86. The zero-order valence-corrected chi connectivity index (χ0v) is 15.8. The van der Waals surface area contributed by atoms with Crippen LogP contribution in [0.1, 0.15) is 31.7 Å². The molecule has 26 heavy (non-hydrogen) atoms. The molecule has 1 aromatic heterocycles. The van der Waals surface area contributed by atoms with Crippen LogP contribution in [0, 0.1) is 13.8 Å². The minimum Gasteiger partial charge on any atom is -0.479 e. The monoisotopic (exact) mass is 359 g/mol. The number of benzene rings is 1. The number of esters is 1. The Morgan fingerprint density at radius 2 is 1.88 bits per heavy atom. The molecule has 2 rings (SSSR count). The van der Waals surface area contributed by atoms with Gasteiger partial charge >= 0.3 is 5.97 Å². The maximum Gasteiger partial charge on any atom is 0.348 e. The van der Waals surface area contributed by atoms with E-state index in [1.165, 1.54) is 6.92 Å². The summed E-state index contributed by atoms with van der Waals surface area (Å²) in [5.41, 5.74) is 2.16. The topological polar surface area (TPSA) is 82.4 Å². The number of aryl methyl sites for hydroxylation is 2. The fourth-order valence-corrected chi connectivity index (χ4v) is 2.44. The summed E-state index contributed by atoms with van der Waals surface area (Å²) in [7, 11) is 1.80. The summed E-state index contributed by atoms with van der Waals surface area (Å²) in [6.07, 6.45) is -1.28. The SMILES string of the molecule is CC[C@@H](Oc1ccccc1)C(=O)O[C@H](C)C(=O)Nc1c(C)nn(C)c1C. The number of nitrogens with one attached hydrogen (secondary N) is 1. The molecule has 7 nitrogen and oxygen atoms in total. The molecule has 0 radical (unpaired) electrons. The van der Waals surface area contributed by atoms with Crippen LogP contribution in [0.3, 0.4) is 0 Å². The van der Waals surface area contributed by atoms with Crippen LogP contribution in [-0.4, -0.2) is 33.9 Å². The molecule has 140 valence electrons. The van der Waals surface area contributed by atoms with Gasteiger partial charge in [-0.25, -0.2) is 4.79 Å². The molecular weight excluding hydrogens is 334 g/mol. The number of hydrogen-bond donors (Lipinski definition) is 1. The molecule has 0 saturated heterocycles. The Labute approximate surface area is 153 Å². The fourth-order valence-electron chi connectivity index (χ4n) is 2.44. The zero-order chi connectivity index (χ0) is 19.3. The Kier molecular flexibility index (Phi) is 6.38. The number of rotatable bonds is 7. The molecule has 2 atom stereocenters. The lowest BCUT2D eigenvalue weighted by atomic mass is 10.2. The summed E-state index contributed by atoms with van der Waals surface area (Å²) in [5, 5.41) is 7.02. The predicted molar refractivity (Wildman–Crippen MR) is 98.0 cm³/mol. The van der Waals surface area contributed by atoms with Crippen LogP contribution in [0.15, 0.2) is 30.3 Å². The number of ether oxygens (including phenoxy) is 2. The summed E-state index contributed by atoms with van der Waals surface area (Å²) < 4.78 is 12.6. The largest absolute Gasteiger partial charge is 0.479 e. The summed E-state index contributed by atoms with van der Waals surface area (Å²) in [5.74, 6) is -0.402. The lowest BCUT2D eigenvalue weighted by Gasteiger charge is -2.19. The van der Waals surface area contributed by atoms with Crippen molar-refractivity contribution in [3.63, 3.8) is 0 Å². The second-order valence-electron chi connectivity index (χ2n) is 6.07. The van der Waals surface area contributed by atoms with Gasteiger partial charge in [-0.1, -0.05) is 25.1 Å². The average molecular weight is 359 g/mol. The fraction of sp³-hybridized carbons (Fsp3) is 0.421. The number of anilines is 1. The number of carbonyl (C=O) groups is 2. The minimum atomic E-state index is -0.949. The molecule has 0 aliphatic rings. The normalized spacial score (nSPS) is 13.0. The molecule has 7 heteroatoms. The van der Waals surface area contributed by atoms with Gasteiger partial charge < -0.3 is 14.8 Å². The van der Waals surface area contributed by atoms with Crippen LogP contribution >= 0.6 is 0 Å². The first-order chi connectivity index (χ1) is 12.3. The van der Waals surface area contributed by atoms with E-state index in [2.05, 4.69) is 10.4 Å². The molecular formula is C19H25N3O4. The Balaban J connectivity index is 1.97. The smallest absolute Gasteiger partial charge is 0.348 e. The van der Waals surface area contributed by atoms with Gasteiger partial charge in [0.25, 0.3) is 5.91 Å². The highest BCUT2D eigenvalue weighted by Gasteiger charge is 2.26. The van der Waals surface area contributed by atoms with E-state index in [-0.39, 0.29) is 0 Å². The first kappa shape index (κ1) is 19.5. The Morgan fingerprint density at radius 1 is 1.23 bits per heavy atom. The van der Waals surface area contributed by atoms with Crippen LogP contribution in [0.4, 0.5) is 5.69 Å². The van der Waals surface area contributed by atoms with Gasteiger partial charge in [-0.05, 0) is 39.3 Å². The molecule has 0 fully saturated rings. The third-order valence-corrected chi connectivity index (χ3v) is 4.07. The van der Waals surface area contributed by atoms with Crippen molar-refractivity contribution < 1.29 is 19.1 Å². The first-order valence-electron chi connectivity index (χ1n) is 8.56. The number of amides is 1. The van der Waals surface area contributed by atoms with Crippen LogP contribution in [0.5, 0.6) is 5.75 Å². The predicted octanol–water partition coefficient (Wildman–Crippen LogP) is 2.76. The maximum absolute atomic E-state index is 12.4. The highest BCUT2D eigenvalue weighted by molar-refractivity contribution is 5.96. The standard InChI is InChI=1S/C19H25N3O4/c1-6-16(26-15-10-8-7-9-11-15)19(24)25-14(4)18(23)20-17-12(2)21-22(5)13(17)3/h7-11,14,16H,6H2,1-5H3,(H,20,23)/t14-,16-/m1/s1. The lowest BCUT2D eigenvalue weighted by molar-refractivity contribution is -0.160. The quantitative estimate of drug-likeness (QED) is 0.769. The Bertz CT molecular complexity index is 771. The minimum absolute atomic E-state index is 0.410. The van der Waals surface area contributed by atoms with Gasteiger partial charge in [0.1, 0.15) is 5.75 Å². The molecule has 0 spiro atoms. The summed E-state index contributed by atoms with van der Waals surface area (Å²) >= 11 is 0. The van der Waals surface area contributed by atoms with Gasteiger partial charge in [0.15, 0.2) is 12.2 Å². The van der Waals surface area contributed by atoms with Crippen LogP contribution in [-0.2, 0) is 21.4 Å². The molecule has 2 aromatic rings. The van der Waals surface area contributed by atoms with E-state index in [0.717, 1.165) is 5.69 Å². The van der Waals surface area contributed by atoms with E-state index >= 15 is 0 Å². The Morgan fingerprint density at radius 3 is 2.42 bits per heavy atom. The van der Waals surface area contributed by atoms with E-state index < -0.39 is 24.1 Å². The van der Waals surface area contributed by atoms with Crippen molar-refractivity contribution in [2.24, 2.45) is 7.05 Å². The molecule has 0 saturated carbocycles. The van der Waals surface area contributed by atoms with Crippen molar-refractivity contribution in [1.29, 1.82) is 0 Å². The van der Waals surface area contributed by atoms with Crippen molar-refractivity contribution in [3.05, 3.63) is 41.7 Å². The molecule has 0 unspecified atom stereocenters. The number of nitrogens with zero attached hydrogens (tertiary/aromatic N) is 2. The Hall–Kier alpha value is -2.83. The van der Waals surface area contributed by atoms with Crippen molar-refractivity contribution in [1.82, 2.24) is 9.78 Å². The van der Waals surface area contributed by atoms with Gasteiger partial charge in [0, 0.05) is 7.05 Å². The summed E-state index contributed by atoms with van der Waals surface area (Å²) in [4.78, 5) is 24.7. The molecule has 1 aromatic carbocycles. The third kappa shape index (κ3) is 4.62. The third-order valence-electron chi connectivity index (χ3n) is 4.07. The van der Waals surface area contributed by atoms with E-state index in [9.17, 15) is 9.59 Å². The van der Waals surface area contributed by atoms with Crippen molar-refractivity contribution in [3.8, 4) is 5.75 Å². The lowest BCUT2D eigenvalue weighted by Crippen LogP contribution is -2.36.